The second-order valence-electron chi connectivity index (χ2n) is 10.6. The number of thioether (sulfide) groups is 1. The summed E-state index contributed by atoms with van der Waals surface area (Å²) in [4.78, 5) is 38.1. The molecule has 0 spiro atoms. The van der Waals surface area contributed by atoms with Crippen molar-refractivity contribution in [2.45, 2.75) is 63.8 Å². The third-order valence-electron chi connectivity index (χ3n) is 9.28. The molecule has 3 saturated carbocycles. The summed E-state index contributed by atoms with van der Waals surface area (Å²) in [7, 11) is 0. The molecule has 0 unspecified atom stereocenters. The van der Waals surface area contributed by atoms with Crippen LogP contribution < -0.4 is 0 Å². The van der Waals surface area contributed by atoms with Gasteiger partial charge in [-0.05, 0) is 56.9 Å². The lowest BCUT2D eigenvalue weighted by Crippen LogP contribution is -2.70. The van der Waals surface area contributed by atoms with Crippen molar-refractivity contribution >= 4 is 41.9 Å². The number of fused-ring (bicyclic) bond motifs is 5. The molecule has 0 aliphatic heterocycles. The van der Waals surface area contributed by atoms with E-state index in [1.165, 1.54) is 23.9 Å². The minimum atomic E-state index is -1.98. The number of ether oxygens (including phenoxy) is 1. The first kappa shape index (κ1) is 25.0. The van der Waals surface area contributed by atoms with Crippen molar-refractivity contribution in [2.24, 2.45) is 28.6 Å². The van der Waals surface area contributed by atoms with Crippen molar-refractivity contribution in [3.05, 3.63) is 23.8 Å². The van der Waals surface area contributed by atoms with E-state index in [0.29, 0.717) is 24.8 Å². The number of hydrogen-bond donors (Lipinski definition) is 2. The van der Waals surface area contributed by atoms with Gasteiger partial charge in [-0.15, -0.1) is 0 Å². The molecule has 0 aromatic rings. The van der Waals surface area contributed by atoms with Crippen molar-refractivity contribution in [2.75, 3.05) is 17.8 Å². The van der Waals surface area contributed by atoms with Gasteiger partial charge in [-0.25, -0.2) is 4.39 Å². The Morgan fingerprint density at radius 2 is 2.03 bits per heavy atom. The first-order chi connectivity index (χ1) is 15.4. The molecule has 0 heterocycles. The average molecular weight is 497 g/mol. The summed E-state index contributed by atoms with van der Waals surface area (Å²) >= 11 is 5.55. The van der Waals surface area contributed by atoms with Crippen molar-refractivity contribution in [1.29, 1.82) is 0 Å². The number of esters is 1. The number of carbonyl (C=O) groups excluding carboxylic acids is 3. The number of hydrogen-bond acceptors (Lipinski definition) is 7. The van der Waals surface area contributed by atoms with Gasteiger partial charge in [-0.3, -0.25) is 14.4 Å². The fourth-order valence-corrected chi connectivity index (χ4v) is 8.37. The molecule has 0 saturated heterocycles. The van der Waals surface area contributed by atoms with Gasteiger partial charge >= 0.3 is 5.97 Å². The van der Waals surface area contributed by atoms with E-state index in [-0.39, 0.29) is 41.3 Å². The highest BCUT2D eigenvalue weighted by Crippen LogP contribution is 2.71. The van der Waals surface area contributed by atoms with Crippen LogP contribution in [0.15, 0.2) is 23.8 Å². The van der Waals surface area contributed by atoms with Gasteiger partial charge < -0.3 is 9.84 Å². The zero-order chi connectivity index (χ0) is 24.4. The molecule has 1 N–H and O–H groups in total. The van der Waals surface area contributed by atoms with Crippen molar-refractivity contribution in [3.63, 3.8) is 0 Å². The zero-order valence-corrected chi connectivity index (χ0v) is 21.3. The molecule has 4 rings (SSSR count). The van der Waals surface area contributed by atoms with Crippen molar-refractivity contribution in [3.8, 4) is 0 Å². The van der Waals surface area contributed by atoms with E-state index in [2.05, 4.69) is 12.6 Å². The standard InChI is InChI=1S/C25H33FO5S2/c1-14-9-18-17-6-5-15-10-16(27)7-8-22(15,2)24(17,26)19(28)11-23(18,3)25(14,20(29)12-32)31-21(30)13-33-4/h7-8,10,14,17-19,28,32H,5-6,9,11-13H2,1-4H3/t14-,17-,18-,19-,22-,23-,24-,25-/m0/s1. The minimum Gasteiger partial charge on any atom is -0.449 e. The first-order valence-electron chi connectivity index (χ1n) is 11.6. The monoisotopic (exact) mass is 496 g/mol. The van der Waals surface area contributed by atoms with Crippen LogP contribution in [0, 0.1) is 28.6 Å². The molecule has 0 amide bonds. The van der Waals surface area contributed by atoms with Gasteiger partial charge in [0.25, 0.3) is 0 Å². The highest BCUT2D eigenvalue weighted by atomic mass is 32.2. The highest BCUT2D eigenvalue weighted by Gasteiger charge is 2.77. The van der Waals surface area contributed by atoms with E-state index in [1.54, 1.807) is 19.3 Å². The molecule has 4 aliphatic carbocycles. The second kappa shape index (κ2) is 8.23. The maximum Gasteiger partial charge on any atom is 0.316 e. The third-order valence-corrected chi connectivity index (χ3v) is 10.1. The predicted octanol–water partition coefficient (Wildman–Crippen LogP) is 3.75. The van der Waals surface area contributed by atoms with E-state index in [4.69, 9.17) is 4.74 Å². The number of thiol groups is 1. The van der Waals surface area contributed by atoms with E-state index in [0.717, 1.165) is 0 Å². The Hall–Kier alpha value is -1.12. The number of rotatable bonds is 5. The molecule has 182 valence electrons. The van der Waals surface area contributed by atoms with E-state index >= 15 is 4.39 Å². The summed E-state index contributed by atoms with van der Waals surface area (Å²) in [5.41, 5.74) is -4.74. The first-order valence-corrected chi connectivity index (χ1v) is 13.6. The Labute approximate surface area is 204 Å². The molecule has 0 aromatic heterocycles. The summed E-state index contributed by atoms with van der Waals surface area (Å²) in [6.07, 6.45) is 6.45. The SMILES string of the molecule is CSCC(=O)O[C@]1(C(=O)CS)[C@@H](C)C[C@H]2[C@@H]3CCC4=CC(=O)C=C[C@]4(C)[C@@]3(F)[C@@H](O)C[C@@]21C. The molecule has 0 radical (unpaired) electrons. The van der Waals surface area contributed by atoms with Crippen LogP contribution in [0.5, 0.6) is 0 Å². The van der Waals surface area contributed by atoms with Gasteiger partial charge in [-0.2, -0.15) is 24.4 Å². The molecule has 3 fully saturated rings. The number of aliphatic hydroxyl groups excluding tert-OH is 1. The predicted molar refractivity (Wildman–Crippen MR) is 129 cm³/mol. The van der Waals surface area contributed by atoms with Crippen molar-refractivity contribution < 1.29 is 28.6 Å². The number of aliphatic hydroxyl groups is 1. The summed E-state index contributed by atoms with van der Waals surface area (Å²) in [5, 5.41) is 11.5. The lowest BCUT2D eigenvalue weighted by Gasteiger charge is -2.62. The fraction of sp³-hybridized carbons (Fsp3) is 0.720. The second-order valence-corrected chi connectivity index (χ2v) is 11.8. The van der Waals surface area contributed by atoms with Gasteiger partial charge in [0, 0.05) is 22.7 Å². The normalized spacial score (nSPS) is 46.2. The zero-order valence-electron chi connectivity index (χ0n) is 19.6. The molecule has 8 heteroatoms. The maximum absolute atomic E-state index is 17.2. The molecule has 33 heavy (non-hydrogen) atoms. The molecular weight excluding hydrogens is 463 g/mol. The number of alkyl halides is 1. The van der Waals surface area contributed by atoms with Crippen LogP contribution >= 0.6 is 24.4 Å². The lowest BCUT2D eigenvalue weighted by atomic mass is 9.44. The smallest absolute Gasteiger partial charge is 0.316 e. The Bertz CT molecular complexity index is 949. The maximum atomic E-state index is 17.2. The average Bonchev–Trinajstić information content (AvgIpc) is 2.97. The molecular formula is C25H33FO5S2. The third kappa shape index (κ3) is 3.12. The van der Waals surface area contributed by atoms with Gasteiger partial charge in [0.05, 0.1) is 17.6 Å². The summed E-state index contributed by atoms with van der Waals surface area (Å²) in [6, 6.07) is 0. The van der Waals surface area contributed by atoms with Crippen LogP contribution in [0.25, 0.3) is 0 Å². The lowest BCUT2D eigenvalue weighted by molar-refractivity contribution is -0.226. The summed E-state index contributed by atoms with van der Waals surface area (Å²) in [5.74, 6) is -2.06. The largest absolute Gasteiger partial charge is 0.449 e. The van der Waals surface area contributed by atoms with Gasteiger partial charge in [0.15, 0.2) is 22.8 Å². The molecule has 5 nitrogen and oxygen atoms in total. The van der Waals surface area contributed by atoms with Gasteiger partial charge in [0.1, 0.15) is 0 Å². The van der Waals surface area contributed by atoms with Crippen LogP contribution in [-0.2, 0) is 19.1 Å². The van der Waals surface area contributed by atoms with E-state index in [1.807, 2.05) is 13.8 Å². The van der Waals surface area contributed by atoms with Crippen LogP contribution in [0.3, 0.4) is 0 Å². The Morgan fingerprint density at radius 1 is 1.33 bits per heavy atom. The van der Waals surface area contributed by atoms with E-state index in [9.17, 15) is 19.5 Å². The minimum absolute atomic E-state index is 0.00821. The Kier molecular flexibility index (Phi) is 6.23. The van der Waals surface area contributed by atoms with Crippen LogP contribution in [0.2, 0.25) is 0 Å². The number of carbonyl (C=O) groups is 3. The number of ketones is 2. The quantitative estimate of drug-likeness (QED) is 0.446. The highest BCUT2D eigenvalue weighted by molar-refractivity contribution is 7.99. The molecule has 0 aromatic carbocycles. The number of allylic oxidation sites excluding steroid dienone is 4. The van der Waals surface area contributed by atoms with Crippen LogP contribution in [-0.4, -0.2) is 57.8 Å². The molecule has 0 bridgehead atoms. The van der Waals surface area contributed by atoms with Crippen LogP contribution in [0.4, 0.5) is 4.39 Å². The number of Topliss-reactive ketones (excluding diaryl/α,β-unsaturated/α-hetero) is 1. The Morgan fingerprint density at radius 3 is 2.67 bits per heavy atom. The van der Waals surface area contributed by atoms with Gasteiger partial charge in [0.2, 0.25) is 0 Å². The molecule has 8 atom stereocenters. The van der Waals surface area contributed by atoms with Crippen LogP contribution in [0.1, 0.15) is 46.5 Å². The number of halogens is 1. The summed E-state index contributed by atoms with van der Waals surface area (Å²) < 4.78 is 23.3. The summed E-state index contributed by atoms with van der Waals surface area (Å²) in [6.45, 7) is 5.53. The van der Waals surface area contributed by atoms with Gasteiger partial charge in [-0.1, -0.05) is 25.5 Å². The van der Waals surface area contributed by atoms with E-state index < -0.39 is 40.1 Å². The van der Waals surface area contributed by atoms with Crippen molar-refractivity contribution in [1.82, 2.24) is 0 Å². The fourth-order valence-electron chi connectivity index (χ4n) is 7.84. The molecule has 4 aliphatic rings. The Balaban J connectivity index is 1.83. The topological polar surface area (TPSA) is 80.7 Å².